The summed E-state index contributed by atoms with van der Waals surface area (Å²) >= 11 is 0. The Bertz CT molecular complexity index is 1490. The molecule has 0 bridgehead atoms. The first-order valence-electron chi connectivity index (χ1n) is 10.8. The molecule has 3 N–H and O–H groups in total. The smallest absolute Gasteiger partial charge is 0.255 e. The second-order valence-electron chi connectivity index (χ2n) is 7.98. The molecule has 35 heavy (non-hydrogen) atoms. The predicted molar refractivity (Wildman–Crippen MR) is 143 cm³/mol. The molecule has 6 nitrogen and oxygen atoms in total. The zero-order valence-electron chi connectivity index (χ0n) is 18.9. The fourth-order valence-electron chi connectivity index (χ4n) is 3.72. The molecule has 0 aliphatic rings. The van der Waals surface area contributed by atoms with Crippen molar-refractivity contribution < 1.29 is 9.90 Å². The molecular formula is C28H23ClN4O2. The summed E-state index contributed by atoms with van der Waals surface area (Å²) in [6, 6.07) is 26.0. The van der Waals surface area contributed by atoms with E-state index in [9.17, 15) is 9.90 Å². The van der Waals surface area contributed by atoms with Gasteiger partial charge in [0.15, 0.2) is 0 Å². The number of benzene rings is 3. The van der Waals surface area contributed by atoms with Crippen LogP contribution in [0.2, 0.25) is 0 Å². The van der Waals surface area contributed by atoms with Gasteiger partial charge in [0.25, 0.3) is 5.91 Å². The van der Waals surface area contributed by atoms with Gasteiger partial charge in [-0.15, -0.1) is 12.4 Å². The van der Waals surface area contributed by atoms with Gasteiger partial charge in [0.05, 0.1) is 16.9 Å². The highest BCUT2D eigenvalue weighted by Crippen LogP contribution is 2.32. The minimum atomic E-state index is -0.278. The monoisotopic (exact) mass is 482 g/mol. The largest absolute Gasteiger partial charge is 0.506 e. The minimum absolute atomic E-state index is 0. The number of fused-ring (bicyclic) bond motifs is 1. The van der Waals surface area contributed by atoms with Crippen LogP contribution in [0.1, 0.15) is 15.9 Å². The van der Waals surface area contributed by atoms with Crippen LogP contribution in [-0.4, -0.2) is 21.0 Å². The molecule has 0 saturated heterocycles. The zero-order chi connectivity index (χ0) is 23.5. The SMILES string of the molecule is Cc1ccc(C(=O)Nc2ccc(Nc3ccnc4cc(-c5ccccn5)ccc34)cc2O)cc1.Cl. The number of carbonyl (C=O) groups excluding carboxylic acids is 1. The Balaban J connectivity index is 0.00000289. The summed E-state index contributed by atoms with van der Waals surface area (Å²) in [5.41, 5.74) is 6.20. The first-order chi connectivity index (χ1) is 16.6. The molecule has 2 heterocycles. The fourth-order valence-corrected chi connectivity index (χ4v) is 3.72. The van der Waals surface area contributed by atoms with Gasteiger partial charge in [0.2, 0.25) is 0 Å². The number of nitrogens with zero attached hydrogens (tertiary/aromatic N) is 2. The molecule has 0 aliphatic heterocycles. The summed E-state index contributed by atoms with van der Waals surface area (Å²) in [6.45, 7) is 1.96. The van der Waals surface area contributed by atoms with Gasteiger partial charge in [-0.25, -0.2) is 0 Å². The highest BCUT2D eigenvalue weighted by atomic mass is 35.5. The van der Waals surface area contributed by atoms with Crippen LogP contribution in [0.4, 0.5) is 17.1 Å². The van der Waals surface area contributed by atoms with Crippen LogP contribution in [-0.2, 0) is 0 Å². The van der Waals surface area contributed by atoms with Crippen LogP contribution in [0.25, 0.3) is 22.2 Å². The highest BCUT2D eigenvalue weighted by molar-refractivity contribution is 6.05. The maximum atomic E-state index is 12.5. The number of halogens is 1. The molecule has 7 heteroatoms. The zero-order valence-corrected chi connectivity index (χ0v) is 19.7. The van der Waals surface area contributed by atoms with Gasteiger partial charge in [0, 0.05) is 46.3 Å². The predicted octanol–water partition coefficient (Wildman–Crippen LogP) is 6.73. The third-order valence-electron chi connectivity index (χ3n) is 5.54. The third-order valence-corrected chi connectivity index (χ3v) is 5.54. The Labute approximate surface area is 209 Å². The number of phenolic OH excluding ortho intramolecular Hbond substituents is 1. The van der Waals surface area contributed by atoms with Gasteiger partial charge < -0.3 is 15.7 Å². The van der Waals surface area contributed by atoms with E-state index >= 15 is 0 Å². The van der Waals surface area contributed by atoms with Gasteiger partial charge >= 0.3 is 0 Å². The van der Waals surface area contributed by atoms with E-state index in [2.05, 4.69) is 20.6 Å². The van der Waals surface area contributed by atoms with Crippen molar-refractivity contribution in [2.24, 2.45) is 0 Å². The summed E-state index contributed by atoms with van der Waals surface area (Å²) < 4.78 is 0. The number of amides is 1. The normalized spacial score (nSPS) is 10.4. The van der Waals surface area contributed by atoms with Gasteiger partial charge in [-0.3, -0.25) is 14.8 Å². The van der Waals surface area contributed by atoms with E-state index in [1.165, 1.54) is 0 Å². The van der Waals surface area contributed by atoms with Crippen LogP contribution in [0.15, 0.2) is 97.3 Å². The number of pyridine rings is 2. The van der Waals surface area contributed by atoms with Gasteiger partial charge in [-0.05, 0) is 55.5 Å². The number of nitrogens with one attached hydrogen (secondary N) is 2. The topological polar surface area (TPSA) is 87.1 Å². The number of anilines is 3. The average Bonchev–Trinajstić information content (AvgIpc) is 2.86. The van der Waals surface area contributed by atoms with Crippen LogP contribution < -0.4 is 10.6 Å². The number of rotatable bonds is 5. The lowest BCUT2D eigenvalue weighted by Gasteiger charge is -2.13. The number of hydrogen-bond donors (Lipinski definition) is 3. The highest BCUT2D eigenvalue weighted by Gasteiger charge is 2.11. The number of aromatic hydroxyl groups is 1. The van der Waals surface area contributed by atoms with E-state index in [0.29, 0.717) is 16.9 Å². The summed E-state index contributed by atoms with van der Waals surface area (Å²) in [6.07, 6.45) is 3.51. The Morgan fingerprint density at radius 3 is 2.40 bits per heavy atom. The molecule has 0 fully saturated rings. The molecule has 0 unspecified atom stereocenters. The van der Waals surface area contributed by atoms with Crippen LogP contribution in [0.3, 0.4) is 0 Å². The van der Waals surface area contributed by atoms with Gasteiger partial charge in [0.1, 0.15) is 5.75 Å². The van der Waals surface area contributed by atoms with Crippen molar-refractivity contribution in [2.75, 3.05) is 10.6 Å². The molecule has 1 amide bonds. The first kappa shape index (κ1) is 23.7. The first-order valence-corrected chi connectivity index (χ1v) is 10.8. The maximum Gasteiger partial charge on any atom is 0.255 e. The molecule has 0 saturated carbocycles. The summed E-state index contributed by atoms with van der Waals surface area (Å²) in [4.78, 5) is 21.4. The lowest BCUT2D eigenvalue weighted by molar-refractivity contribution is 0.102. The molecular weight excluding hydrogens is 460 g/mol. The second kappa shape index (κ2) is 10.2. The van der Waals surface area contributed by atoms with E-state index in [4.69, 9.17) is 0 Å². The molecule has 0 spiro atoms. The third kappa shape index (κ3) is 5.23. The molecule has 3 aromatic carbocycles. The van der Waals surface area contributed by atoms with Crippen molar-refractivity contribution in [1.29, 1.82) is 0 Å². The Hall–Kier alpha value is -4.42. The Morgan fingerprint density at radius 2 is 1.66 bits per heavy atom. The van der Waals surface area contributed by atoms with E-state index in [0.717, 1.165) is 33.4 Å². The fraction of sp³-hybridized carbons (Fsp3) is 0.0357. The molecule has 174 valence electrons. The molecule has 5 aromatic rings. The lowest BCUT2D eigenvalue weighted by atomic mass is 10.1. The number of hydrogen-bond acceptors (Lipinski definition) is 5. The average molecular weight is 483 g/mol. The van der Waals surface area contributed by atoms with Crippen molar-refractivity contribution in [3.05, 3.63) is 108 Å². The van der Waals surface area contributed by atoms with Crippen molar-refractivity contribution in [3.63, 3.8) is 0 Å². The van der Waals surface area contributed by atoms with Gasteiger partial charge in [-0.2, -0.15) is 0 Å². The number of aryl methyl sites for hydroxylation is 1. The van der Waals surface area contributed by atoms with E-state index in [-0.39, 0.29) is 24.1 Å². The van der Waals surface area contributed by atoms with Gasteiger partial charge in [-0.1, -0.05) is 35.9 Å². The summed E-state index contributed by atoms with van der Waals surface area (Å²) in [5, 5.41) is 17.5. The molecule has 0 aliphatic carbocycles. The molecule has 2 aromatic heterocycles. The Morgan fingerprint density at radius 1 is 0.829 bits per heavy atom. The summed E-state index contributed by atoms with van der Waals surface area (Å²) in [5.74, 6) is -0.305. The maximum absolute atomic E-state index is 12.5. The van der Waals surface area contributed by atoms with E-state index < -0.39 is 0 Å². The van der Waals surface area contributed by atoms with Crippen LogP contribution in [0.5, 0.6) is 5.75 Å². The standard InChI is InChI=1S/C28H22N4O2.ClH/c1-18-5-7-19(8-6-18)28(34)32-25-12-10-21(17-27(25)33)31-24-13-15-30-26-16-20(9-11-22(24)26)23-4-2-3-14-29-23;/h2-17,33H,1H3,(H,30,31)(H,32,34);1H. The van der Waals surface area contributed by atoms with Crippen LogP contribution >= 0.6 is 12.4 Å². The lowest BCUT2D eigenvalue weighted by Crippen LogP contribution is -2.11. The van der Waals surface area contributed by atoms with Crippen molar-refractivity contribution >= 4 is 46.3 Å². The molecule has 5 rings (SSSR count). The van der Waals surface area contributed by atoms with Crippen molar-refractivity contribution in [1.82, 2.24) is 9.97 Å². The summed E-state index contributed by atoms with van der Waals surface area (Å²) in [7, 11) is 0. The number of phenols is 1. The van der Waals surface area contributed by atoms with Crippen LogP contribution in [0, 0.1) is 6.92 Å². The van der Waals surface area contributed by atoms with Crippen molar-refractivity contribution in [2.45, 2.75) is 6.92 Å². The quantitative estimate of drug-likeness (QED) is 0.242. The molecule has 0 radical (unpaired) electrons. The minimum Gasteiger partial charge on any atom is -0.506 e. The number of carbonyl (C=O) groups is 1. The van der Waals surface area contributed by atoms with Crippen molar-refractivity contribution in [3.8, 4) is 17.0 Å². The van der Waals surface area contributed by atoms with E-state index in [1.807, 2.05) is 61.5 Å². The second-order valence-corrected chi connectivity index (χ2v) is 7.98. The Kier molecular flexibility index (Phi) is 6.94. The van der Waals surface area contributed by atoms with E-state index in [1.54, 1.807) is 42.7 Å². The molecule has 0 atom stereocenters. The number of aromatic nitrogens is 2.